The summed E-state index contributed by atoms with van der Waals surface area (Å²) < 4.78 is 0. The number of hydrogen-bond donors (Lipinski definition) is 4. The van der Waals surface area contributed by atoms with Crippen molar-refractivity contribution in [3.05, 3.63) is 23.3 Å². The third-order valence-corrected chi connectivity index (χ3v) is 4.35. The highest BCUT2D eigenvalue weighted by Gasteiger charge is 2.19. The molecule has 6 heteroatoms. The van der Waals surface area contributed by atoms with Gasteiger partial charge in [-0.2, -0.15) is 0 Å². The van der Waals surface area contributed by atoms with Crippen molar-refractivity contribution in [2.75, 3.05) is 6.54 Å². The van der Waals surface area contributed by atoms with Gasteiger partial charge >= 0.3 is 11.9 Å². The minimum absolute atomic E-state index is 0.122. The van der Waals surface area contributed by atoms with Gasteiger partial charge in [0.25, 0.3) is 0 Å². The minimum Gasteiger partial charge on any atom is -0.481 e. The molecule has 6 nitrogen and oxygen atoms in total. The first-order valence-electron chi connectivity index (χ1n) is 8.89. The van der Waals surface area contributed by atoms with Crippen molar-refractivity contribution in [1.82, 2.24) is 0 Å². The van der Waals surface area contributed by atoms with Gasteiger partial charge in [0.15, 0.2) is 0 Å². The first-order chi connectivity index (χ1) is 11.7. The number of carboxylic acid groups (broad SMARTS) is 2. The molecule has 0 aromatic carbocycles. The summed E-state index contributed by atoms with van der Waals surface area (Å²) in [7, 11) is 0. The Labute approximate surface area is 151 Å². The SMILES string of the molecule is CC(N)CN.CC1=CCC(C(=O)O)CC1.CC1=CCC(C(=O)O)CC1. The molecule has 2 aliphatic rings. The van der Waals surface area contributed by atoms with Crippen LogP contribution < -0.4 is 11.5 Å². The standard InChI is InChI=1S/2C8H12O2.C3H10N2/c2*1-6-2-4-7(5-3-6)8(9)10;1-3(5)2-4/h2*2,7H,3-5H2,1H3,(H,9,10);3H,2,4-5H2,1H3. The lowest BCUT2D eigenvalue weighted by molar-refractivity contribution is -0.142. The highest BCUT2D eigenvalue weighted by Crippen LogP contribution is 2.23. The van der Waals surface area contributed by atoms with Gasteiger partial charge in [-0.25, -0.2) is 0 Å². The molecule has 0 aromatic rings. The molecule has 0 heterocycles. The van der Waals surface area contributed by atoms with Crippen LogP contribution in [-0.2, 0) is 9.59 Å². The maximum atomic E-state index is 10.4. The summed E-state index contributed by atoms with van der Waals surface area (Å²) in [5.74, 6) is -1.54. The van der Waals surface area contributed by atoms with Crippen molar-refractivity contribution in [3.8, 4) is 0 Å². The third kappa shape index (κ3) is 11.5. The fourth-order valence-electron chi connectivity index (χ4n) is 2.38. The summed E-state index contributed by atoms with van der Waals surface area (Å²) in [4.78, 5) is 20.9. The predicted molar refractivity (Wildman–Crippen MR) is 100 cm³/mol. The van der Waals surface area contributed by atoms with E-state index < -0.39 is 11.9 Å². The fraction of sp³-hybridized carbons (Fsp3) is 0.684. The Morgan fingerprint density at radius 2 is 1.36 bits per heavy atom. The number of aliphatic carboxylic acids is 2. The van der Waals surface area contributed by atoms with Crippen molar-refractivity contribution in [2.24, 2.45) is 23.3 Å². The van der Waals surface area contributed by atoms with Crippen LogP contribution in [0.4, 0.5) is 0 Å². The van der Waals surface area contributed by atoms with Crippen molar-refractivity contribution in [3.63, 3.8) is 0 Å². The lowest BCUT2D eigenvalue weighted by atomic mass is 9.90. The highest BCUT2D eigenvalue weighted by atomic mass is 16.4. The molecular formula is C19H34N2O4. The smallest absolute Gasteiger partial charge is 0.306 e. The number of carbonyl (C=O) groups is 2. The summed E-state index contributed by atoms with van der Waals surface area (Å²) in [5.41, 5.74) is 12.9. The number of nitrogens with two attached hydrogens (primary N) is 2. The second-order valence-corrected chi connectivity index (χ2v) is 6.93. The second kappa shape index (κ2) is 12.7. The summed E-state index contributed by atoms with van der Waals surface area (Å²) in [6.07, 6.45) is 9.05. The van der Waals surface area contributed by atoms with E-state index in [0.29, 0.717) is 6.54 Å². The summed E-state index contributed by atoms with van der Waals surface area (Å²) in [6.45, 7) is 6.57. The Morgan fingerprint density at radius 1 is 1.04 bits per heavy atom. The first kappa shape index (κ1) is 23.3. The minimum atomic E-state index is -0.649. The van der Waals surface area contributed by atoms with Crippen LogP contribution in [0.3, 0.4) is 0 Å². The number of hydrogen-bond acceptors (Lipinski definition) is 4. The van der Waals surface area contributed by atoms with Gasteiger partial charge < -0.3 is 21.7 Å². The molecular weight excluding hydrogens is 320 g/mol. The van der Waals surface area contributed by atoms with E-state index in [0.717, 1.165) is 38.5 Å². The monoisotopic (exact) mass is 354 g/mol. The number of rotatable bonds is 3. The molecule has 0 fully saturated rings. The summed E-state index contributed by atoms with van der Waals surface area (Å²) >= 11 is 0. The van der Waals surface area contributed by atoms with E-state index in [9.17, 15) is 9.59 Å². The largest absolute Gasteiger partial charge is 0.481 e. The summed E-state index contributed by atoms with van der Waals surface area (Å²) in [5, 5.41) is 17.2. The van der Waals surface area contributed by atoms with Crippen LogP contribution in [0.15, 0.2) is 23.3 Å². The first-order valence-corrected chi connectivity index (χ1v) is 8.89. The lowest BCUT2D eigenvalue weighted by Gasteiger charge is -2.15. The Hall–Kier alpha value is -1.66. The van der Waals surface area contributed by atoms with E-state index in [-0.39, 0.29) is 17.9 Å². The molecule has 25 heavy (non-hydrogen) atoms. The zero-order valence-corrected chi connectivity index (χ0v) is 15.7. The Bertz CT molecular complexity index is 444. The van der Waals surface area contributed by atoms with Crippen LogP contribution in [0.2, 0.25) is 0 Å². The van der Waals surface area contributed by atoms with E-state index >= 15 is 0 Å². The molecule has 0 spiro atoms. The highest BCUT2D eigenvalue weighted by molar-refractivity contribution is 5.70. The maximum absolute atomic E-state index is 10.4. The van der Waals surface area contributed by atoms with Gasteiger partial charge in [-0.05, 0) is 59.3 Å². The van der Waals surface area contributed by atoms with Gasteiger partial charge in [0.1, 0.15) is 0 Å². The summed E-state index contributed by atoms with van der Waals surface area (Å²) in [6, 6.07) is 0.162. The average molecular weight is 354 g/mol. The predicted octanol–water partition coefficient (Wildman–Crippen LogP) is 2.93. The van der Waals surface area contributed by atoms with Gasteiger partial charge in [-0.3, -0.25) is 9.59 Å². The van der Waals surface area contributed by atoms with Gasteiger partial charge in [0.2, 0.25) is 0 Å². The molecule has 2 aliphatic carbocycles. The van der Waals surface area contributed by atoms with Gasteiger partial charge in [-0.1, -0.05) is 23.3 Å². The number of allylic oxidation sites excluding steroid dienone is 4. The topological polar surface area (TPSA) is 127 Å². The van der Waals surface area contributed by atoms with E-state index in [2.05, 4.69) is 13.8 Å². The van der Waals surface area contributed by atoms with E-state index in [4.69, 9.17) is 21.7 Å². The van der Waals surface area contributed by atoms with E-state index in [1.807, 2.05) is 19.1 Å². The number of carboxylic acids is 2. The maximum Gasteiger partial charge on any atom is 0.306 e. The normalized spacial score (nSPS) is 23.6. The van der Waals surface area contributed by atoms with Crippen molar-refractivity contribution >= 4 is 11.9 Å². The molecule has 0 saturated heterocycles. The van der Waals surface area contributed by atoms with Gasteiger partial charge in [0, 0.05) is 12.6 Å². The van der Waals surface area contributed by atoms with E-state index in [1.165, 1.54) is 11.1 Å². The van der Waals surface area contributed by atoms with Crippen LogP contribution in [-0.4, -0.2) is 34.7 Å². The van der Waals surface area contributed by atoms with Crippen LogP contribution in [0.25, 0.3) is 0 Å². The molecule has 0 radical (unpaired) electrons. The average Bonchev–Trinajstić information content (AvgIpc) is 2.56. The molecule has 0 amide bonds. The zero-order chi connectivity index (χ0) is 19.4. The van der Waals surface area contributed by atoms with Crippen molar-refractivity contribution < 1.29 is 19.8 Å². The fourth-order valence-corrected chi connectivity index (χ4v) is 2.38. The van der Waals surface area contributed by atoms with Gasteiger partial charge in [-0.15, -0.1) is 0 Å². The third-order valence-electron chi connectivity index (χ3n) is 4.35. The van der Waals surface area contributed by atoms with Crippen molar-refractivity contribution in [2.45, 2.75) is 65.3 Å². The second-order valence-electron chi connectivity index (χ2n) is 6.93. The van der Waals surface area contributed by atoms with E-state index in [1.54, 1.807) is 0 Å². The quantitative estimate of drug-likeness (QED) is 0.577. The Morgan fingerprint density at radius 3 is 1.52 bits per heavy atom. The Balaban J connectivity index is 0.000000368. The van der Waals surface area contributed by atoms with Gasteiger partial charge in [0.05, 0.1) is 11.8 Å². The van der Waals surface area contributed by atoms with Crippen LogP contribution in [0.1, 0.15) is 59.3 Å². The zero-order valence-electron chi connectivity index (χ0n) is 15.7. The van der Waals surface area contributed by atoms with Crippen LogP contribution in [0, 0.1) is 11.8 Å². The molecule has 144 valence electrons. The molecule has 2 rings (SSSR count). The molecule has 3 unspecified atom stereocenters. The van der Waals surface area contributed by atoms with Crippen LogP contribution in [0.5, 0.6) is 0 Å². The molecule has 3 atom stereocenters. The lowest BCUT2D eigenvalue weighted by Crippen LogP contribution is -2.25. The Kier molecular flexibility index (Phi) is 11.8. The van der Waals surface area contributed by atoms with Crippen LogP contribution >= 0.6 is 0 Å². The molecule has 0 saturated carbocycles. The molecule has 0 aliphatic heterocycles. The molecule has 0 bridgehead atoms. The molecule has 0 aromatic heterocycles. The molecule has 6 N–H and O–H groups in total. The van der Waals surface area contributed by atoms with Crippen molar-refractivity contribution in [1.29, 1.82) is 0 Å².